The normalized spacial score (nSPS) is 15.4. The van der Waals surface area contributed by atoms with Crippen LogP contribution < -0.4 is 5.32 Å². The van der Waals surface area contributed by atoms with Crippen LogP contribution in [0.3, 0.4) is 0 Å². The van der Waals surface area contributed by atoms with Crippen LogP contribution in [0, 0.1) is 29.6 Å². The standard InChI is InChI=1S/C28H28N4O3S/c1-19(2)25(31-28(34)35-3)27(33)32-16-6-11-24(32)26-29-18-23(30-26)21-14-12-20(13-15-21)8-4-5-9-22-10-7-17-36-22/h7,10,12-15,17-19,24-25H,6,11,16H2,1-3H3,(H,29,30)(H,31,34)/t24-,25-/m0/s1. The first-order chi connectivity index (χ1) is 17.5. The number of rotatable bonds is 5. The van der Waals surface area contributed by atoms with Crippen molar-refractivity contribution in [3.05, 3.63) is 64.2 Å². The van der Waals surface area contributed by atoms with Crippen molar-refractivity contribution >= 4 is 23.3 Å². The van der Waals surface area contributed by atoms with Gasteiger partial charge in [0.05, 0.1) is 29.9 Å². The molecule has 4 rings (SSSR count). The zero-order valence-corrected chi connectivity index (χ0v) is 21.3. The molecular weight excluding hydrogens is 472 g/mol. The van der Waals surface area contributed by atoms with Gasteiger partial charge in [0.1, 0.15) is 11.9 Å². The minimum absolute atomic E-state index is 0.0756. The Kier molecular flexibility index (Phi) is 8.10. The van der Waals surface area contributed by atoms with Gasteiger partial charge in [0.25, 0.3) is 0 Å². The number of amides is 2. The summed E-state index contributed by atoms with van der Waals surface area (Å²) in [5.74, 6) is 12.4. The molecule has 36 heavy (non-hydrogen) atoms. The molecular formula is C28H28N4O3S. The molecule has 0 aliphatic carbocycles. The molecule has 1 aliphatic rings. The lowest BCUT2D eigenvalue weighted by atomic mass is 10.0. The molecule has 1 aromatic carbocycles. The van der Waals surface area contributed by atoms with Crippen LogP contribution in [0.2, 0.25) is 0 Å². The molecule has 2 atom stereocenters. The van der Waals surface area contributed by atoms with Gasteiger partial charge in [0, 0.05) is 12.1 Å². The Balaban J connectivity index is 1.45. The van der Waals surface area contributed by atoms with Crippen molar-refractivity contribution in [2.24, 2.45) is 5.92 Å². The Morgan fingerprint density at radius 2 is 1.97 bits per heavy atom. The largest absolute Gasteiger partial charge is 0.453 e. The van der Waals surface area contributed by atoms with E-state index in [0.717, 1.165) is 40.4 Å². The summed E-state index contributed by atoms with van der Waals surface area (Å²) in [6, 6.07) is 11.0. The van der Waals surface area contributed by atoms with Crippen molar-refractivity contribution < 1.29 is 14.3 Å². The van der Waals surface area contributed by atoms with Gasteiger partial charge >= 0.3 is 6.09 Å². The molecule has 0 radical (unpaired) electrons. The maximum absolute atomic E-state index is 13.3. The van der Waals surface area contributed by atoms with Crippen LogP contribution in [0.1, 0.15) is 49.0 Å². The number of aromatic nitrogens is 2. The number of thiophene rings is 1. The molecule has 184 valence electrons. The predicted octanol–water partition coefficient (Wildman–Crippen LogP) is 4.59. The zero-order chi connectivity index (χ0) is 25.5. The van der Waals surface area contributed by atoms with Gasteiger partial charge in [-0.25, -0.2) is 9.78 Å². The van der Waals surface area contributed by atoms with Crippen LogP contribution in [0.25, 0.3) is 11.3 Å². The van der Waals surface area contributed by atoms with Crippen LogP contribution in [-0.4, -0.2) is 46.6 Å². The molecule has 8 heteroatoms. The summed E-state index contributed by atoms with van der Waals surface area (Å²) in [6.07, 6.45) is 2.86. The molecule has 2 aromatic heterocycles. The number of aromatic amines is 1. The fraction of sp³-hybridized carbons (Fsp3) is 0.321. The monoisotopic (exact) mass is 500 g/mol. The Hall–Kier alpha value is -4.01. The first-order valence-corrected chi connectivity index (χ1v) is 12.7. The number of H-pyrrole nitrogens is 1. The third-order valence-corrected chi connectivity index (χ3v) is 6.80. The average molecular weight is 501 g/mol. The fourth-order valence-electron chi connectivity index (χ4n) is 4.12. The summed E-state index contributed by atoms with van der Waals surface area (Å²) >= 11 is 1.59. The topological polar surface area (TPSA) is 87.3 Å². The number of nitrogens with one attached hydrogen (secondary N) is 2. The minimum atomic E-state index is -0.656. The van der Waals surface area contributed by atoms with E-state index in [9.17, 15) is 9.59 Å². The van der Waals surface area contributed by atoms with Crippen molar-refractivity contribution in [2.75, 3.05) is 13.7 Å². The van der Waals surface area contributed by atoms with E-state index in [4.69, 9.17) is 4.74 Å². The number of benzene rings is 1. The fourth-order valence-corrected chi connectivity index (χ4v) is 4.70. The summed E-state index contributed by atoms with van der Waals surface area (Å²) in [5, 5.41) is 4.66. The van der Waals surface area contributed by atoms with Crippen molar-refractivity contribution in [2.45, 2.75) is 38.8 Å². The van der Waals surface area contributed by atoms with Crippen LogP contribution in [0.5, 0.6) is 0 Å². The predicted molar refractivity (Wildman–Crippen MR) is 140 cm³/mol. The molecule has 0 spiro atoms. The lowest BCUT2D eigenvalue weighted by Gasteiger charge is -2.30. The number of imidazole rings is 1. The van der Waals surface area contributed by atoms with Gasteiger partial charge in [0.2, 0.25) is 5.91 Å². The summed E-state index contributed by atoms with van der Waals surface area (Å²) in [4.78, 5) is 35.9. The number of carbonyl (C=O) groups is 2. The lowest BCUT2D eigenvalue weighted by Crippen LogP contribution is -2.51. The SMILES string of the molecule is COC(=O)N[C@H](C(=O)N1CCC[C@H]1c1ncc(-c2ccc(C#CC#Cc3cccs3)cc2)[nH]1)C(C)C. The first-order valence-electron chi connectivity index (χ1n) is 11.8. The van der Waals surface area contributed by atoms with Crippen LogP contribution in [0.4, 0.5) is 4.79 Å². The smallest absolute Gasteiger partial charge is 0.407 e. The molecule has 2 amide bonds. The van der Waals surface area contributed by atoms with Gasteiger partial charge in [-0.15, -0.1) is 11.3 Å². The highest BCUT2D eigenvalue weighted by atomic mass is 32.1. The van der Waals surface area contributed by atoms with Crippen molar-refractivity contribution in [1.29, 1.82) is 0 Å². The van der Waals surface area contributed by atoms with E-state index in [-0.39, 0.29) is 17.9 Å². The summed E-state index contributed by atoms with van der Waals surface area (Å²) in [6.45, 7) is 4.42. The first kappa shape index (κ1) is 25.1. The second kappa shape index (κ2) is 11.6. The van der Waals surface area contributed by atoms with E-state index in [2.05, 4.69) is 39.0 Å². The maximum atomic E-state index is 13.3. The van der Waals surface area contributed by atoms with Crippen LogP contribution in [-0.2, 0) is 9.53 Å². The number of carbonyl (C=O) groups excluding carboxylic acids is 2. The molecule has 1 aliphatic heterocycles. The minimum Gasteiger partial charge on any atom is -0.453 e. The third-order valence-electron chi connectivity index (χ3n) is 6.01. The van der Waals surface area contributed by atoms with Crippen LogP contribution >= 0.6 is 11.3 Å². The Labute approximate surface area is 215 Å². The summed E-state index contributed by atoms with van der Waals surface area (Å²) in [5.41, 5.74) is 2.73. The highest BCUT2D eigenvalue weighted by Crippen LogP contribution is 2.32. The Bertz CT molecular complexity index is 1320. The molecule has 0 bridgehead atoms. The molecule has 7 nitrogen and oxygen atoms in total. The number of ether oxygens (including phenoxy) is 1. The van der Waals surface area contributed by atoms with E-state index >= 15 is 0 Å². The number of methoxy groups -OCH3 is 1. The molecule has 0 unspecified atom stereocenters. The average Bonchev–Trinajstić information content (AvgIpc) is 3.66. The van der Waals surface area contributed by atoms with E-state index in [1.54, 1.807) is 22.4 Å². The number of hydrogen-bond acceptors (Lipinski definition) is 5. The summed E-state index contributed by atoms with van der Waals surface area (Å²) in [7, 11) is 1.29. The van der Waals surface area contributed by atoms with E-state index in [1.165, 1.54) is 7.11 Å². The number of nitrogens with zero attached hydrogens (tertiary/aromatic N) is 2. The molecule has 0 saturated carbocycles. The van der Waals surface area contributed by atoms with E-state index in [0.29, 0.717) is 6.54 Å². The van der Waals surface area contributed by atoms with E-state index in [1.807, 2.05) is 55.6 Å². The van der Waals surface area contributed by atoms with Gasteiger partial charge < -0.3 is 19.9 Å². The molecule has 3 aromatic rings. The zero-order valence-electron chi connectivity index (χ0n) is 20.5. The van der Waals surface area contributed by atoms with Crippen molar-refractivity contribution in [3.63, 3.8) is 0 Å². The van der Waals surface area contributed by atoms with Gasteiger partial charge in [-0.05, 0) is 65.7 Å². The van der Waals surface area contributed by atoms with Gasteiger partial charge in [-0.2, -0.15) is 0 Å². The second-order valence-corrected chi connectivity index (χ2v) is 9.73. The number of hydrogen-bond donors (Lipinski definition) is 2. The molecule has 3 heterocycles. The second-order valence-electron chi connectivity index (χ2n) is 8.78. The number of alkyl carbamates (subject to hydrolysis) is 1. The quantitative estimate of drug-likeness (QED) is 0.502. The Morgan fingerprint density at radius 1 is 1.19 bits per heavy atom. The lowest BCUT2D eigenvalue weighted by molar-refractivity contribution is -0.135. The molecule has 2 N–H and O–H groups in total. The summed E-state index contributed by atoms with van der Waals surface area (Å²) < 4.78 is 4.70. The van der Waals surface area contributed by atoms with Gasteiger partial charge in [-0.3, -0.25) is 4.79 Å². The van der Waals surface area contributed by atoms with Gasteiger partial charge in [-0.1, -0.05) is 38.0 Å². The molecule has 1 fully saturated rings. The van der Waals surface area contributed by atoms with Crippen molar-refractivity contribution in [3.8, 4) is 34.9 Å². The highest BCUT2D eigenvalue weighted by molar-refractivity contribution is 7.10. The molecule has 1 saturated heterocycles. The number of likely N-dealkylation sites (tertiary alicyclic amines) is 1. The Morgan fingerprint density at radius 3 is 2.67 bits per heavy atom. The van der Waals surface area contributed by atoms with E-state index < -0.39 is 12.1 Å². The third kappa shape index (κ3) is 5.97. The van der Waals surface area contributed by atoms with Crippen molar-refractivity contribution in [1.82, 2.24) is 20.2 Å². The van der Waals surface area contributed by atoms with Gasteiger partial charge in [0.15, 0.2) is 0 Å². The van der Waals surface area contributed by atoms with Crippen LogP contribution in [0.15, 0.2) is 48.0 Å². The maximum Gasteiger partial charge on any atom is 0.407 e. The highest BCUT2D eigenvalue weighted by Gasteiger charge is 2.37.